The van der Waals surface area contributed by atoms with Gasteiger partial charge in [-0.1, -0.05) is 32.1 Å². The molecule has 0 heterocycles. The largest absolute Gasteiger partial charge is 0.319 e. The van der Waals surface area contributed by atoms with Crippen LogP contribution in [0, 0.1) is 5.41 Å². The summed E-state index contributed by atoms with van der Waals surface area (Å²) in [6.07, 6.45) is 13.0. The van der Waals surface area contributed by atoms with Crippen molar-refractivity contribution in [3.63, 3.8) is 0 Å². The molecule has 0 aliphatic heterocycles. The molecule has 0 unspecified atom stereocenters. The summed E-state index contributed by atoms with van der Waals surface area (Å²) in [5.74, 6) is 0. The first-order valence-corrected chi connectivity index (χ1v) is 7.61. The topological polar surface area (TPSA) is 15.3 Å². The lowest BCUT2D eigenvalue weighted by molar-refractivity contribution is 0.115. The Kier molecular flexibility index (Phi) is 4.87. The Bertz CT molecular complexity index is 215. The number of nitrogens with one attached hydrogen (secondary N) is 1. The van der Waals surface area contributed by atoms with Gasteiger partial charge in [0.1, 0.15) is 0 Å². The van der Waals surface area contributed by atoms with E-state index in [1.54, 1.807) is 0 Å². The molecule has 0 atom stereocenters. The third-order valence-electron chi connectivity index (χ3n) is 5.00. The molecule has 2 heteroatoms. The Labute approximate surface area is 107 Å². The molecule has 1 N–H and O–H groups in total. The molecule has 0 amide bonds. The molecule has 2 aliphatic carbocycles. The summed E-state index contributed by atoms with van der Waals surface area (Å²) in [5, 5.41) is 3.43. The van der Waals surface area contributed by atoms with Crippen molar-refractivity contribution in [1.82, 2.24) is 10.2 Å². The highest BCUT2D eigenvalue weighted by Crippen LogP contribution is 2.39. The van der Waals surface area contributed by atoms with Crippen molar-refractivity contribution in [3.8, 4) is 0 Å². The summed E-state index contributed by atoms with van der Waals surface area (Å²) in [4.78, 5) is 2.68. The van der Waals surface area contributed by atoms with Gasteiger partial charge in [-0.25, -0.2) is 0 Å². The van der Waals surface area contributed by atoms with Crippen molar-refractivity contribution >= 4 is 0 Å². The summed E-state index contributed by atoms with van der Waals surface area (Å²) < 4.78 is 0. The number of nitrogens with zero attached hydrogens (tertiary/aromatic N) is 1. The second-order valence-electron chi connectivity index (χ2n) is 6.44. The summed E-state index contributed by atoms with van der Waals surface area (Å²) in [6.45, 7) is 2.53. The van der Waals surface area contributed by atoms with E-state index in [-0.39, 0.29) is 0 Å². The number of hydrogen-bond donors (Lipinski definition) is 1. The first kappa shape index (κ1) is 13.4. The standard InChI is InChI=1S/C15H30N2/c1-16-12-15(10-6-7-11-15)13-17(2)14-8-4-3-5-9-14/h14,16H,3-13H2,1-2H3. The van der Waals surface area contributed by atoms with Crippen molar-refractivity contribution in [2.24, 2.45) is 5.41 Å². The van der Waals surface area contributed by atoms with Crippen LogP contribution in [0.2, 0.25) is 0 Å². The summed E-state index contributed by atoms with van der Waals surface area (Å²) in [6, 6.07) is 0.873. The van der Waals surface area contributed by atoms with E-state index >= 15 is 0 Å². The van der Waals surface area contributed by atoms with E-state index in [1.165, 1.54) is 70.9 Å². The molecule has 2 rings (SSSR count). The van der Waals surface area contributed by atoms with Gasteiger partial charge in [0, 0.05) is 19.1 Å². The van der Waals surface area contributed by atoms with Gasteiger partial charge >= 0.3 is 0 Å². The first-order chi connectivity index (χ1) is 8.26. The van der Waals surface area contributed by atoms with Crippen LogP contribution in [-0.2, 0) is 0 Å². The van der Waals surface area contributed by atoms with Crippen molar-refractivity contribution in [3.05, 3.63) is 0 Å². The van der Waals surface area contributed by atoms with Gasteiger partial charge in [0.25, 0.3) is 0 Å². The lowest BCUT2D eigenvalue weighted by Crippen LogP contribution is -2.44. The Morgan fingerprint density at radius 2 is 1.71 bits per heavy atom. The lowest BCUT2D eigenvalue weighted by Gasteiger charge is -2.39. The molecule has 17 heavy (non-hydrogen) atoms. The van der Waals surface area contributed by atoms with Crippen LogP contribution < -0.4 is 5.32 Å². The highest BCUT2D eigenvalue weighted by molar-refractivity contribution is 4.90. The van der Waals surface area contributed by atoms with E-state index in [0.717, 1.165) is 6.04 Å². The molecule has 2 aliphatic rings. The molecular weight excluding hydrogens is 208 g/mol. The minimum absolute atomic E-state index is 0.584. The molecule has 2 saturated carbocycles. The average molecular weight is 238 g/mol. The first-order valence-electron chi connectivity index (χ1n) is 7.61. The molecular formula is C15H30N2. The van der Waals surface area contributed by atoms with Gasteiger partial charge < -0.3 is 10.2 Å². The maximum Gasteiger partial charge on any atom is 0.00924 e. The fraction of sp³-hybridized carbons (Fsp3) is 1.00. The Balaban J connectivity index is 1.88. The molecule has 0 bridgehead atoms. The maximum absolute atomic E-state index is 3.43. The van der Waals surface area contributed by atoms with Gasteiger partial charge in [-0.3, -0.25) is 0 Å². The van der Waals surface area contributed by atoms with Crippen LogP contribution in [0.25, 0.3) is 0 Å². The minimum atomic E-state index is 0.584. The number of rotatable bonds is 5. The maximum atomic E-state index is 3.43. The smallest absolute Gasteiger partial charge is 0.00924 e. The van der Waals surface area contributed by atoms with Gasteiger partial charge in [-0.15, -0.1) is 0 Å². The van der Waals surface area contributed by atoms with E-state index < -0.39 is 0 Å². The van der Waals surface area contributed by atoms with Gasteiger partial charge in [0.05, 0.1) is 0 Å². The highest BCUT2D eigenvalue weighted by atomic mass is 15.1. The SMILES string of the molecule is CNCC1(CN(C)C2CCCCC2)CCCC1. The monoisotopic (exact) mass is 238 g/mol. The average Bonchev–Trinajstić information content (AvgIpc) is 2.79. The van der Waals surface area contributed by atoms with E-state index in [4.69, 9.17) is 0 Å². The zero-order valence-electron chi connectivity index (χ0n) is 11.8. The molecule has 2 nitrogen and oxygen atoms in total. The quantitative estimate of drug-likeness (QED) is 0.792. The predicted molar refractivity (Wildman–Crippen MR) is 74.3 cm³/mol. The van der Waals surface area contributed by atoms with E-state index in [2.05, 4.69) is 24.3 Å². The van der Waals surface area contributed by atoms with Gasteiger partial charge in [-0.2, -0.15) is 0 Å². The zero-order valence-corrected chi connectivity index (χ0v) is 11.8. The Hall–Kier alpha value is -0.0800. The molecule has 0 saturated heterocycles. The van der Waals surface area contributed by atoms with Gasteiger partial charge in [0.2, 0.25) is 0 Å². The van der Waals surface area contributed by atoms with Crippen LogP contribution in [0.15, 0.2) is 0 Å². The molecule has 0 spiro atoms. The molecule has 0 aromatic rings. The van der Waals surface area contributed by atoms with E-state index in [9.17, 15) is 0 Å². The van der Waals surface area contributed by atoms with Crippen LogP contribution in [0.4, 0.5) is 0 Å². The van der Waals surface area contributed by atoms with Crippen molar-refractivity contribution in [1.29, 1.82) is 0 Å². The third-order valence-corrected chi connectivity index (χ3v) is 5.00. The van der Waals surface area contributed by atoms with Crippen LogP contribution >= 0.6 is 0 Å². The molecule has 0 radical (unpaired) electrons. The summed E-state index contributed by atoms with van der Waals surface area (Å²) >= 11 is 0. The molecule has 100 valence electrons. The van der Waals surface area contributed by atoms with Crippen molar-refractivity contribution in [2.75, 3.05) is 27.2 Å². The summed E-state index contributed by atoms with van der Waals surface area (Å²) in [7, 11) is 4.48. The van der Waals surface area contributed by atoms with Crippen LogP contribution in [0.3, 0.4) is 0 Å². The van der Waals surface area contributed by atoms with Gasteiger partial charge in [-0.05, 0) is 45.2 Å². The zero-order chi connectivity index (χ0) is 12.1. The van der Waals surface area contributed by atoms with Crippen molar-refractivity contribution in [2.45, 2.75) is 63.8 Å². The van der Waals surface area contributed by atoms with Crippen LogP contribution in [0.1, 0.15) is 57.8 Å². The van der Waals surface area contributed by atoms with E-state index in [1.807, 2.05) is 0 Å². The number of hydrogen-bond acceptors (Lipinski definition) is 2. The van der Waals surface area contributed by atoms with Crippen LogP contribution in [0.5, 0.6) is 0 Å². The van der Waals surface area contributed by atoms with E-state index in [0.29, 0.717) is 5.41 Å². The minimum Gasteiger partial charge on any atom is -0.319 e. The predicted octanol–water partition coefficient (Wildman–Crippen LogP) is 3.03. The fourth-order valence-electron chi connectivity index (χ4n) is 4.07. The second kappa shape index (κ2) is 6.19. The Morgan fingerprint density at radius 1 is 1.06 bits per heavy atom. The van der Waals surface area contributed by atoms with Crippen molar-refractivity contribution < 1.29 is 0 Å². The Morgan fingerprint density at radius 3 is 2.29 bits per heavy atom. The normalized spacial score (nSPS) is 25.6. The molecule has 0 aromatic carbocycles. The van der Waals surface area contributed by atoms with Crippen LogP contribution in [-0.4, -0.2) is 38.1 Å². The second-order valence-corrected chi connectivity index (χ2v) is 6.44. The summed E-state index contributed by atoms with van der Waals surface area (Å²) in [5.41, 5.74) is 0.584. The fourth-order valence-corrected chi connectivity index (χ4v) is 4.07. The third kappa shape index (κ3) is 3.45. The van der Waals surface area contributed by atoms with Gasteiger partial charge in [0.15, 0.2) is 0 Å². The highest BCUT2D eigenvalue weighted by Gasteiger charge is 2.35. The lowest BCUT2D eigenvalue weighted by atomic mass is 9.84. The molecule has 0 aromatic heterocycles. The molecule has 2 fully saturated rings.